The molecule has 0 saturated heterocycles. The molecular weight excluding hydrogens is 591 g/mol. The summed E-state index contributed by atoms with van der Waals surface area (Å²) in [6.07, 6.45) is -1.55. The van der Waals surface area contributed by atoms with Crippen molar-refractivity contribution < 1.29 is 44.4 Å². The number of nitrogens with two attached hydrogens (primary N) is 1. The zero-order valence-electron chi connectivity index (χ0n) is 21.6. The van der Waals surface area contributed by atoms with Gasteiger partial charge in [0.2, 0.25) is 26.0 Å². The molecule has 0 aliphatic heterocycles. The van der Waals surface area contributed by atoms with Crippen molar-refractivity contribution in [1.29, 1.82) is 0 Å². The minimum Gasteiger partial charge on any atom is -0.350 e. The van der Waals surface area contributed by atoms with Crippen LogP contribution in [0.25, 0.3) is 0 Å². The van der Waals surface area contributed by atoms with Gasteiger partial charge in [0.05, 0.1) is 34.5 Å². The molecule has 3 rings (SSSR count). The van der Waals surface area contributed by atoms with Gasteiger partial charge in [-0.3, -0.25) is 19.1 Å². The van der Waals surface area contributed by atoms with E-state index in [1.54, 1.807) is 0 Å². The molecule has 1 fully saturated rings. The number of primary sulfonamides is 1. The summed E-state index contributed by atoms with van der Waals surface area (Å²) in [5.41, 5.74) is -2.05. The Morgan fingerprint density at radius 1 is 0.902 bits per heavy atom. The van der Waals surface area contributed by atoms with Gasteiger partial charge in [0.1, 0.15) is 0 Å². The summed E-state index contributed by atoms with van der Waals surface area (Å²) in [6, 6.07) is 5.83. The SMILES string of the molecule is CS(=O)(=O)Nc1ccc(C(F)(F)F)cc1C(=O)NCC(=O)N[C@@H]1CCCC[C@@H]1NC(=O)c1ccc(S(N)(=O)=O)cc1. The lowest BCUT2D eigenvalue weighted by atomic mass is 9.90. The first-order chi connectivity index (χ1) is 18.9. The lowest BCUT2D eigenvalue weighted by molar-refractivity contribution is -0.137. The van der Waals surface area contributed by atoms with E-state index < -0.39 is 79.4 Å². The van der Waals surface area contributed by atoms with Crippen molar-refractivity contribution in [3.63, 3.8) is 0 Å². The molecule has 3 amide bonds. The van der Waals surface area contributed by atoms with E-state index in [9.17, 15) is 44.4 Å². The standard InChI is InChI=1S/C24H28F3N5O7S2/c1-40(36,37)32-18-11-8-15(24(25,26)27)12-17(18)23(35)29-13-21(33)30-19-4-2-3-5-20(19)31-22(34)14-6-9-16(10-7-14)41(28,38)39/h6-12,19-20,32H,2-5,13H2,1H3,(H,29,35)(H,30,33)(H,31,34)(H2,28,38,39)/t19-,20+/m1/s1. The second kappa shape index (κ2) is 12.4. The predicted molar refractivity (Wildman–Crippen MR) is 142 cm³/mol. The summed E-state index contributed by atoms with van der Waals surface area (Å²) in [5.74, 6) is -2.32. The van der Waals surface area contributed by atoms with Crippen molar-refractivity contribution in [3.05, 3.63) is 59.2 Å². The number of hydrogen-bond donors (Lipinski definition) is 5. The van der Waals surface area contributed by atoms with Crippen molar-refractivity contribution >= 4 is 43.5 Å². The number of hydrogen-bond acceptors (Lipinski definition) is 7. The molecule has 0 unspecified atom stereocenters. The van der Waals surface area contributed by atoms with Crippen LogP contribution in [0.1, 0.15) is 52.0 Å². The maximum absolute atomic E-state index is 13.2. The third-order valence-electron chi connectivity index (χ3n) is 6.17. The van der Waals surface area contributed by atoms with Crippen LogP contribution >= 0.6 is 0 Å². The number of nitrogens with one attached hydrogen (secondary N) is 4. The van der Waals surface area contributed by atoms with Crippen LogP contribution < -0.4 is 25.8 Å². The quantitative estimate of drug-likeness (QED) is 0.279. The second-order valence-electron chi connectivity index (χ2n) is 9.42. The zero-order valence-corrected chi connectivity index (χ0v) is 23.3. The Kier molecular flexibility index (Phi) is 9.66. The third kappa shape index (κ3) is 9.15. The topological polar surface area (TPSA) is 194 Å². The number of amides is 3. The number of sulfonamides is 2. The normalized spacial score (nSPS) is 17.8. The molecule has 41 heavy (non-hydrogen) atoms. The fourth-order valence-corrected chi connectivity index (χ4v) is 5.33. The van der Waals surface area contributed by atoms with E-state index in [-0.39, 0.29) is 10.5 Å². The molecule has 1 aliphatic rings. The van der Waals surface area contributed by atoms with E-state index in [2.05, 4.69) is 16.0 Å². The van der Waals surface area contributed by atoms with Crippen molar-refractivity contribution in [2.24, 2.45) is 5.14 Å². The number of rotatable bonds is 9. The van der Waals surface area contributed by atoms with Crippen molar-refractivity contribution in [2.75, 3.05) is 17.5 Å². The number of alkyl halides is 3. The molecule has 2 aromatic rings. The van der Waals surface area contributed by atoms with E-state index >= 15 is 0 Å². The highest BCUT2D eigenvalue weighted by molar-refractivity contribution is 7.92. The summed E-state index contributed by atoms with van der Waals surface area (Å²) in [4.78, 5) is 37.9. The molecule has 2 atom stereocenters. The minimum absolute atomic E-state index is 0.164. The summed E-state index contributed by atoms with van der Waals surface area (Å²) in [5, 5.41) is 12.7. The Morgan fingerprint density at radius 2 is 1.49 bits per heavy atom. The maximum Gasteiger partial charge on any atom is 0.416 e. The van der Waals surface area contributed by atoms with Crippen molar-refractivity contribution in [1.82, 2.24) is 16.0 Å². The Labute approximate surface area is 234 Å². The number of anilines is 1. The maximum atomic E-state index is 13.2. The van der Waals surface area contributed by atoms with Crippen LogP contribution in [-0.4, -0.2) is 59.4 Å². The van der Waals surface area contributed by atoms with Crippen LogP contribution in [0.5, 0.6) is 0 Å². The fourth-order valence-electron chi connectivity index (χ4n) is 4.23. The van der Waals surface area contributed by atoms with Gasteiger partial charge in [-0.05, 0) is 55.3 Å². The summed E-state index contributed by atoms with van der Waals surface area (Å²) in [6.45, 7) is -0.639. The van der Waals surface area contributed by atoms with Gasteiger partial charge in [-0.25, -0.2) is 22.0 Å². The molecule has 6 N–H and O–H groups in total. The van der Waals surface area contributed by atoms with Crippen LogP contribution in [0.15, 0.2) is 47.4 Å². The van der Waals surface area contributed by atoms with Crippen molar-refractivity contribution in [3.8, 4) is 0 Å². The zero-order chi connectivity index (χ0) is 30.6. The Morgan fingerprint density at radius 3 is 2.02 bits per heavy atom. The lowest BCUT2D eigenvalue weighted by Crippen LogP contribution is -2.54. The molecule has 2 aromatic carbocycles. The Hall–Kier alpha value is -3.70. The van der Waals surface area contributed by atoms with E-state index in [1.807, 2.05) is 4.72 Å². The molecule has 1 aliphatic carbocycles. The molecule has 1 saturated carbocycles. The highest BCUT2D eigenvalue weighted by Crippen LogP contribution is 2.32. The predicted octanol–water partition coefficient (Wildman–Crippen LogP) is 1.31. The molecule has 0 spiro atoms. The number of halogens is 3. The Bertz CT molecular complexity index is 1530. The highest BCUT2D eigenvalue weighted by Gasteiger charge is 2.32. The highest BCUT2D eigenvalue weighted by atomic mass is 32.2. The second-order valence-corrected chi connectivity index (χ2v) is 12.7. The van der Waals surface area contributed by atoms with Gasteiger partial charge >= 0.3 is 6.18 Å². The number of carbonyl (C=O) groups excluding carboxylic acids is 3. The van der Waals surface area contributed by atoms with Gasteiger partial charge in [-0.1, -0.05) is 12.8 Å². The first-order valence-electron chi connectivity index (χ1n) is 12.1. The monoisotopic (exact) mass is 619 g/mol. The van der Waals surface area contributed by atoms with Crippen LogP contribution in [0, 0.1) is 0 Å². The van der Waals surface area contributed by atoms with E-state index in [4.69, 9.17) is 5.14 Å². The molecule has 12 nitrogen and oxygen atoms in total. The van der Waals surface area contributed by atoms with Gasteiger partial charge in [0.15, 0.2) is 0 Å². The first-order valence-corrected chi connectivity index (χ1v) is 15.6. The first kappa shape index (κ1) is 31.8. The van der Waals surface area contributed by atoms with Gasteiger partial charge in [-0.2, -0.15) is 13.2 Å². The van der Waals surface area contributed by atoms with E-state index in [0.29, 0.717) is 25.0 Å². The molecule has 0 radical (unpaired) electrons. The van der Waals surface area contributed by atoms with E-state index in [1.165, 1.54) is 24.3 Å². The summed E-state index contributed by atoms with van der Waals surface area (Å²) >= 11 is 0. The van der Waals surface area contributed by atoms with Gasteiger partial charge in [0.25, 0.3) is 11.8 Å². The lowest BCUT2D eigenvalue weighted by Gasteiger charge is -2.33. The molecule has 0 bridgehead atoms. The smallest absolute Gasteiger partial charge is 0.350 e. The van der Waals surface area contributed by atoms with Crippen LogP contribution in [0.3, 0.4) is 0 Å². The van der Waals surface area contributed by atoms with Gasteiger partial charge < -0.3 is 16.0 Å². The van der Waals surface area contributed by atoms with E-state index in [0.717, 1.165) is 25.2 Å². The minimum atomic E-state index is -4.80. The molecule has 0 aromatic heterocycles. The number of benzene rings is 2. The molecule has 224 valence electrons. The molecule has 0 heterocycles. The third-order valence-corrected chi connectivity index (χ3v) is 7.69. The summed E-state index contributed by atoms with van der Waals surface area (Å²) < 4.78 is 87.6. The van der Waals surface area contributed by atoms with Crippen LogP contribution in [0.2, 0.25) is 0 Å². The molecular formula is C24H28F3N5O7S2. The average Bonchev–Trinajstić information content (AvgIpc) is 2.86. The summed E-state index contributed by atoms with van der Waals surface area (Å²) in [7, 11) is -7.87. The van der Waals surface area contributed by atoms with Gasteiger partial charge in [-0.15, -0.1) is 0 Å². The molecule has 17 heteroatoms. The fraction of sp³-hybridized carbons (Fsp3) is 0.375. The van der Waals surface area contributed by atoms with Crippen LogP contribution in [-0.2, 0) is 31.0 Å². The van der Waals surface area contributed by atoms with Crippen molar-refractivity contribution in [2.45, 2.75) is 48.8 Å². The van der Waals surface area contributed by atoms with Gasteiger partial charge in [0, 0.05) is 17.6 Å². The number of carbonyl (C=O) groups is 3. The largest absolute Gasteiger partial charge is 0.416 e. The van der Waals surface area contributed by atoms with Crippen LogP contribution in [0.4, 0.5) is 18.9 Å². The average molecular weight is 620 g/mol. The Balaban J connectivity index is 1.65.